The summed E-state index contributed by atoms with van der Waals surface area (Å²) in [7, 11) is 1.42. The number of methoxy groups -OCH3 is 1. The number of non-ortho nitro benzene ring substituents is 1. The molecule has 6 nitrogen and oxygen atoms in total. The molecular formula is C21H16FNO5. The van der Waals surface area contributed by atoms with Crippen molar-refractivity contribution in [2.24, 2.45) is 0 Å². The Morgan fingerprint density at radius 1 is 1.04 bits per heavy atom. The van der Waals surface area contributed by atoms with E-state index in [0.29, 0.717) is 11.1 Å². The van der Waals surface area contributed by atoms with Crippen LogP contribution in [-0.4, -0.2) is 17.8 Å². The van der Waals surface area contributed by atoms with Gasteiger partial charge in [-0.2, -0.15) is 0 Å². The molecule has 3 aromatic carbocycles. The Morgan fingerprint density at radius 2 is 1.71 bits per heavy atom. The highest BCUT2D eigenvalue weighted by Gasteiger charge is 2.19. The van der Waals surface area contributed by atoms with Crippen molar-refractivity contribution in [1.29, 1.82) is 0 Å². The van der Waals surface area contributed by atoms with Crippen LogP contribution >= 0.6 is 0 Å². The van der Waals surface area contributed by atoms with E-state index < -0.39 is 10.7 Å². The molecule has 28 heavy (non-hydrogen) atoms. The molecule has 3 aromatic rings. The molecule has 3 rings (SSSR count). The molecule has 0 heterocycles. The maximum atomic E-state index is 15.2. The Hall–Kier alpha value is -3.74. The van der Waals surface area contributed by atoms with Gasteiger partial charge in [0.2, 0.25) is 0 Å². The molecule has 0 spiro atoms. The first-order valence-electron chi connectivity index (χ1n) is 8.31. The Labute approximate surface area is 160 Å². The molecule has 142 valence electrons. The zero-order chi connectivity index (χ0) is 20.3. The van der Waals surface area contributed by atoms with E-state index in [9.17, 15) is 14.9 Å². The molecule has 0 aromatic heterocycles. The van der Waals surface area contributed by atoms with Gasteiger partial charge in [-0.1, -0.05) is 18.2 Å². The minimum absolute atomic E-state index is 0.0714. The van der Waals surface area contributed by atoms with Gasteiger partial charge in [-0.3, -0.25) is 14.9 Å². The van der Waals surface area contributed by atoms with Crippen LogP contribution in [0.2, 0.25) is 0 Å². The van der Waals surface area contributed by atoms with Gasteiger partial charge in [-0.05, 0) is 42.8 Å². The summed E-state index contributed by atoms with van der Waals surface area (Å²) in [4.78, 5) is 21.9. The quantitative estimate of drug-likeness (QED) is 0.324. The molecule has 0 saturated heterocycles. The maximum Gasteiger partial charge on any atom is 0.269 e. The van der Waals surface area contributed by atoms with Gasteiger partial charge in [-0.15, -0.1) is 0 Å². The molecular weight excluding hydrogens is 365 g/mol. The molecule has 0 unspecified atom stereocenters. The van der Waals surface area contributed by atoms with Crippen molar-refractivity contribution in [3.63, 3.8) is 0 Å². The molecule has 0 fully saturated rings. The number of nitrogens with zero attached hydrogens (tertiary/aromatic N) is 1. The number of ether oxygens (including phenoxy) is 2. The number of carbonyl (C=O) groups excluding carboxylic acids is 1. The molecule has 0 aliphatic heterocycles. The number of ketones is 1. The monoisotopic (exact) mass is 381 g/mol. The summed E-state index contributed by atoms with van der Waals surface area (Å²) in [5.74, 6) is -0.344. The van der Waals surface area contributed by atoms with Crippen LogP contribution < -0.4 is 9.47 Å². The second-order valence-electron chi connectivity index (χ2n) is 5.95. The summed E-state index contributed by atoms with van der Waals surface area (Å²) < 4.78 is 26.1. The predicted molar refractivity (Wildman–Crippen MR) is 102 cm³/mol. The van der Waals surface area contributed by atoms with Crippen molar-refractivity contribution in [3.05, 3.63) is 82.2 Å². The third kappa shape index (κ3) is 3.83. The molecule has 0 bridgehead atoms. The fourth-order valence-corrected chi connectivity index (χ4v) is 2.71. The van der Waals surface area contributed by atoms with Crippen LogP contribution in [0, 0.1) is 15.9 Å². The molecule has 0 amide bonds. The standard InChI is InChI=1S/C21H16FNO5/c1-13(24)14-4-3-5-15(12-14)20-18(27-2)10-11-19(21(20)22)28-17-8-6-16(7-9-17)23(25)26/h3-12H,1-2H3. The van der Waals surface area contributed by atoms with Gasteiger partial charge < -0.3 is 9.47 Å². The first kappa shape index (κ1) is 19.0. The van der Waals surface area contributed by atoms with E-state index in [2.05, 4.69) is 0 Å². The smallest absolute Gasteiger partial charge is 0.269 e. The van der Waals surface area contributed by atoms with E-state index >= 15 is 4.39 Å². The Kier molecular flexibility index (Phi) is 5.35. The summed E-state index contributed by atoms with van der Waals surface area (Å²) in [5.41, 5.74) is 0.978. The number of nitro groups is 1. The van der Waals surface area contributed by atoms with E-state index in [-0.39, 0.29) is 34.3 Å². The van der Waals surface area contributed by atoms with Gasteiger partial charge in [0, 0.05) is 17.7 Å². The summed E-state index contributed by atoms with van der Waals surface area (Å²) >= 11 is 0. The number of rotatable bonds is 6. The SMILES string of the molecule is COc1ccc(Oc2ccc([N+](=O)[O-])cc2)c(F)c1-c1cccc(C(C)=O)c1. The minimum Gasteiger partial charge on any atom is -0.496 e. The number of hydrogen-bond acceptors (Lipinski definition) is 5. The van der Waals surface area contributed by atoms with Gasteiger partial charge in [0.05, 0.1) is 17.6 Å². The predicted octanol–water partition coefficient (Wildman–Crippen LogP) is 5.40. The van der Waals surface area contributed by atoms with E-state index in [1.54, 1.807) is 30.3 Å². The van der Waals surface area contributed by atoms with Crippen molar-refractivity contribution in [2.45, 2.75) is 6.92 Å². The van der Waals surface area contributed by atoms with Gasteiger partial charge in [0.1, 0.15) is 11.5 Å². The van der Waals surface area contributed by atoms with Crippen LogP contribution in [0.5, 0.6) is 17.2 Å². The zero-order valence-corrected chi connectivity index (χ0v) is 15.1. The molecule has 0 radical (unpaired) electrons. The normalized spacial score (nSPS) is 10.4. The highest BCUT2D eigenvalue weighted by molar-refractivity contribution is 5.95. The van der Waals surface area contributed by atoms with Crippen LogP contribution in [0.25, 0.3) is 11.1 Å². The van der Waals surface area contributed by atoms with Gasteiger partial charge in [0.15, 0.2) is 17.3 Å². The molecule has 7 heteroatoms. The topological polar surface area (TPSA) is 78.7 Å². The van der Waals surface area contributed by atoms with Crippen LogP contribution in [0.15, 0.2) is 60.7 Å². The van der Waals surface area contributed by atoms with Crippen molar-refractivity contribution >= 4 is 11.5 Å². The van der Waals surface area contributed by atoms with E-state index in [4.69, 9.17) is 9.47 Å². The van der Waals surface area contributed by atoms with Crippen molar-refractivity contribution in [2.75, 3.05) is 7.11 Å². The van der Waals surface area contributed by atoms with Crippen LogP contribution in [0.4, 0.5) is 10.1 Å². The lowest BCUT2D eigenvalue weighted by molar-refractivity contribution is -0.384. The maximum absolute atomic E-state index is 15.2. The molecule has 0 aliphatic carbocycles. The number of carbonyl (C=O) groups is 1. The number of hydrogen-bond donors (Lipinski definition) is 0. The lowest BCUT2D eigenvalue weighted by Crippen LogP contribution is -1.98. The molecule has 0 N–H and O–H groups in total. The number of Topliss-reactive ketones (excluding diaryl/α,β-unsaturated/α-hetero) is 1. The Bertz CT molecular complexity index is 1050. The second kappa shape index (κ2) is 7.87. The van der Waals surface area contributed by atoms with E-state index in [1.165, 1.54) is 44.4 Å². The lowest BCUT2D eigenvalue weighted by Gasteiger charge is -2.14. The Balaban J connectivity index is 2.03. The first-order chi connectivity index (χ1) is 13.4. The third-order valence-corrected chi connectivity index (χ3v) is 4.12. The fourth-order valence-electron chi connectivity index (χ4n) is 2.71. The highest BCUT2D eigenvalue weighted by atomic mass is 19.1. The van der Waals surface area contributed by atoms with Crippen LogP contribution in [0.3, 0.4) is 0 Å². The van der Waals surface area contributed by atoms with Gasteiger partial charge in [0.25, 0.3) is 5.69 Å². The second-order valence-corrected chi connectivity index (χ2v) is 5.95. The minimum atomic E-state index is -0.668. The lowest BCUT2D eigenvalue weighted by atomic mass is 10.00. The van der Waals surface area contributed by atoms with Gasteiger partial charge >= 0.3 is 0 Å². The highest BCUT2D eigenvalue weighted by Crippen LogP contribution is 2.39. The first-order valence-corrected chi connectivity index (χ1v) is 8.31. The van der Waals surface area contributed by atoms with Crippen molar-refractivity contribution < 1.29 is 23.6 Å². The molecule has 0 atom stereocenters. The van der Waals surface area contributed by atoms with Crippen molar-refractivity contribution in [1.82, 2.24) is 0 Å². The van der Waals surface area contributed by atoms with Gasteiger partial charge in [-0.25, -0.2) is 4.39 Å². The molecule has 0 saturated carbocycles. The summed E-state index contributed by atoms with van der Waals surface area (Å²) in [6.45, 7) is 1.43. The van der Waals surface area contributed by atoms with Crippen LogP contribution in [-0.2, 0) is 0 Å². The number of halogens is 1. The fraction of sp³-hybridized carbons (Fsp3) is 0.0952. The number of nitro benzene ring substituents is 1. The number of benzene rings is 3. The summed E-state index contributed by atoms with van der Waals surface area (Å²) in [6.07, 6.45) is 0. The zero-order valence-electron chi connectivity index (χ0n) is 15.1. The average molecular weight is 381 g/mol. The largest absolute Gasteiger partial charge is 0.496 e. The molecule has 0 aliphatic rings. The summed E-state index contributed by atoms with van der Waals surface area (Å²) in [6, 6.07) is 14.8. The third-order valence-electron chi connectivity index (χ3n) is 4.12. The van der Waals surface area contributed by atoms with E-state index in [1.807, 2.05) is 0 Å². The van der Waals surface area contributed by atoms with E-state index in [0.717, 1.165) is 0 Å². The Morgan fingerprint density at radius 3 is 2.32 bits per heavy atom. The average Bonchev–Trinajstić information content (AvgIpc) is 2.69. The summed E-state index contributed by atoms with van der Waals surface area (Å²) in [5, 5.41) is 10.7. The van der Waals surface area contributed by atoms with Crippen LogP contribution in [0.1, 0.15) is 17.3 Å². The van der Waals surface area contributed by atoms with Crippen molar-refractivity contribution in [3.8, 4) is 28.4 Å².